The summed E-state index contributed by atoms with van der Waals surface area (Å²) in [5.74, 6) is 0. The monoisotopic (exact) mass is 136 g/mol. The first-order valence-corrected chi connectivity index (χ1v) is 3.47. The van der Waals surface area contributed by atoms with Gasteiger partial charge in [0.05, 0.1) is 6.61 Å². The zero-order valence-corrected chi connectivity index (χ0v) is 4.97. The van der Waals surface area contributed by atoms with Crippen LogP contribution in [0.2, 0.25) is 6.32 Å². The molecule has 0 saturated carbocycles. The van der Waals surface area contributed by atoms with Gasteiger partial charge in [0.1, 0.15) is 10.6 Å². The highest BCUT2D eigenvalue weighted by Crippen LogP contribution is 2.04. The van der Waals surface area contributed by atoms with Gasteiger partial charge < -0.3 is 0 Å². The van der Waals surface area contributed by atoms with Gasteiger partial charge in [0.25, 0.3) is 0 Å². The SMILES string of the molecule is O=[SH](=O)B1CCOO1. The maximum Gasteiger partial charge on any atom is 0.475 e. The molecule has 1 aliphatic heterocycles. The molecule has 1 fully saturated rings. The van der Waals surface area contributed by atoms with Crippen LogP contribution in [0.5, 0.6) is 0 Å². The Labute approximate surface area is 48.7 Å². The van der Waals surface area contributed by atoms with E-state index in [1.807, 2.05) is 0 Å². The van der Waals surface area contributed by atoms with Crippen LogP contribution in [0.3, 0.4) is 0 Å². The van der Waals surface area contributed by atoms with E-state index in [0.717, 1.165) is 0 Å². The van der Waals surface area contributed by atoms with Crippen molar-refractivity contribution < 1.29 is 18.1 Å². The van der Waals surface area contributed by atoms with Gasteiger partial charge in [-0.1, -0.05) is 0 Å². The van der Waals surface area contributed by atoms with Crippen LogP contribution in [-0.4, -0.2) is 21.2 Å². The molecule has 1 saturated heterocycles. The molecule has 8 heavy (non-hydrogen) atoms. The highest BCUT2D eigenvalue weighted by molar-refractivity contribution is 8.02. The van der Waals surface area contributed by atoms with Gasteiger partial charge in [-0.25, -0.2) is 8.42 Å². The van der Waals surface area contributed by atoms with Gasteiger partial charge in [-0.15, -0.1) is 0 Å². The normalized spacial score (nSPS) is 20.4. The second-order valence-corrected chi connectivity index (χ2v) is 2.59. The molecule has 0 spiro atoms. The van der Waals surface area contributed by atoms with Crippen molar-refractivity contribution in [3.8, 4) is 0 Å². The zero-order valence-electron chi connectivity index (χ0n) is 4.07. The van der Waals surface area contributed by atoms with Crippen LogP contribution in [0, 0.1) is 0 Å². The summed E-state index contributed by atoms with van der Waals surface area (Å²) in [4.78, 5) is 8.65. The van der Waals surface area contributed by atoms with Crippen molar-refractivity contribution in [2.75, 3.05) is 6.61 Å². The lowest BCUT2D eigenvalue weighted by Crippen LogP contribution is -2.11. The fourth-order valence-electron chi connectivity index (χ4n) is 0.464. The number of rotatable bonds is 1. The van der Waals surface area contributed by atoms with Crippen LogP contribution >= 0.6 is 0 Å². The molecule has 0 atom stereocenters. The van der Waals surface area contributed by atoms with Crippen LogP contribution < -0.4 is 0 Å². The first-order chi connectivity index (χ1) is 3.80. The molecule has 46 valence electrons. The van der Waals surface area contributed by atoms with E-state index in [4.69, 9.17) is 0 Å². The van der Waals surface area contributed by atoms with E-state index in [0.29, 0.717) is 12.9 Å². The largest absolute Gasteiger partial charge is 0.475 e. The zero-order chi connectivity index (χ0) is 5.98. The minimum atomic E-state index is -2.45. The Morgan fingerprint density at radius 2 is 2.25 bits per heavy atom. The number of thiol groups is 1. The van der Waals surface area contributed by atoms with E-state index < -0.39 is 16.7 Å². The maximum absolute atomic E-state index is 10.0. The Bertz CT molecular complexity index is 129. The molecule has 0 N–H and O–H groups in total. The smallest absolute Gasteiger partial charge is 0.283 e. The molecule has 0 aromatic carbocycles. The van der Waals surface area contributed by atoms with Crippen LogP contribution in [0.1, 0.15) is 0 Å². The van der Waals surface area contributed by atoms with Gasteiger partial charge in [0, 0.05) is 0 Å². The van der Waals surface area contributed by atoms with E-state index in [2.05, 4.69) is 9.69 Å². The lowest BCUT2D eigenvalue weighted by molar-refractivity contribution is -0.183. The molecule has 1 heterocycles. The summed E-state index contributed by atoms with van der Waals surface area (Å²) in [7, 11) is -2.45. The average molecular weight is 136 g/mol. The average Bonchev–Trinajstić information content (AvgIpc) is 2.12. The van der Waals surface area contributed by atoms with Crippen molar-refractivity contribution in [1.29, 1.82) is 0 Å². The van der Waals surface area contributed by atoms with E-state index in [1.165, 1.54) is 0 Å². The molecule has 0 aromatic rings. The summed E-state index contributed by atoms with van der Waals surface area (Å²) >= 11 is 0. The van der Waals surface area contributed by atoms with Gasteiger partial charge in [-0.2, -0.15) is 0 Å². The summed E-state index contributed by atoms with van der Waals surface area (Å²) in [6, 6.07) is 0. The van der Waals surface area contributed by atoms with E-state index in [9.17, 15) is 8.42 Å². The predicted molar refractivity (Wildman–Crippen MR) is 27.9 cm³/mol. The summed E-state index contributed by atoms with van der Waals surface area (Å²) < 4.78 is 20.1. The van der Waals surface area contributed by atoms with E-state index >= 15 is 0 Å². The van der Waals surface area contributed by atoms with Gasteiger partial charge >= 0.3 is 6.19 Å². The third-order valence-electron chi connectivity index (χ3n) is 0.862. The molecule has 0 radical (unpaired) electrons. The minimum absolute atomic E-state index is 0.383. The predicted octanol–water partition coefficient (Wildman–Crippen LogP) is -0.952. The van der Waals surface area contributed by atoms with Crippen molar-refractivity contribution in [2.24, 2.45) is 0 Å². The summed E-state index contributed by atoms with van der Waals surface area (Å²) in [6.07, 6.45) is -0.247. The maximum atomic E-state index is 10.0. The van der Waals surface area contributed by atoms with Crippen molar-refractivity contribution in [3.05, 3.63) is 0 Å². The fourth-order valence-corrected chi connectivity index (χ4v) is 0.912. The Kier molecular flexibility index (Phi) is 1.87. The van der Waals surface area contributed by atoms with E-state index in [-0.39, 0.29) is 0 Å². The molecular formula is C2H5BO4S. The molecule has 0 unspecified atom stereocenters. The van der Waals surface area contributed by atoms with Crippen molar-refractivity contribution >= 4 is 16.7 Å². The third-order valence-corrected chi connectivity index (χ3v) is 1.68. The standard InChI is InChI=1S/C2H5BO4S/c4-8(5)3-1-2-6-7-3/h8H,1-2H2. The summed E-state index contributed by atoms with van der Waals surface area (Å²) in [6.45, 7) is 0.383. The molecule has 0 amide bonds. The molecule has 0 aromatic heterocycles. The molecule has 0 aliphatic carbocycles. The number of hydrogen-bond donors (Lipinski definition) is 1. The second-order valence-electron chi connectivity index (χ2n) is 1.45. The first-order valence-electron chi connectivity index (χ1n) is 2.22. The third kappa shape index (κ3) is 1.21. The molecule has 4 nitrogen and oxygen atoms in total. The Balaban J connectivity index is 2.47. The van der Waals surface area contributed by atoms with Gasteiger partial charge in [-0.3, -0.25) is 9.69 Å². The van der Waals surface area contributed by atoms with Gasteiger partial charge in [-0.05, 0) is 6.32 Å². The first kappa shape index (κ1) is 6.06. The van der Waals surface area contributed by atoms with E-state index in [1.54, 1.807) is 0 Å². The molecular weight excluding hydrogens is 131 g/mol. The highest BCUT2D eigenvalue weighted by Gasteiger charge is 2.27. The minimum Gasteiger partial charge on any atom is -0.283 e. The van der Waals surface area contributed by atoms with Crippen molar-refractivity contribution in [3.63, 3.8) is 0 Å². The lowest BCUT2D eigenvalue weighted by Gasteiger charge is -1.86. The second kappa shape index (κ2) is 2.47. The number of hydrogen-bond acceptors (Lipinski definition) is 4. The highest BCUT2D eigenvalue weighted by atomic mass is 32.2. The van der Waals surface area contributed by atoms with Crippen LogP contribution in [0.25, 0.3) is 0 Å². The van der Waals surface area contributed by atoms with Gasteiger partial charge in [0.2, 0.25) is 0 Å². The lowest BCUT2D eigenvalue weighted by atomic mass is 9.96. The molecule has 0 bridgehead atoms. The molecule has 6 heteroatoms. The quantitative estimate of drug-likeness (QED) is 0.286. The van der Waals surface area contributed by atoms with Gasteiger partial charge in [0.15, 0.2) is 0 Å². The van der Waals surface area contributed by atoms with Crippen LogP contribution in [0.4, 0.5) is 0 Å². The van der Waals surface area contributed by atoms with Crippen LogP contribution in [-0.2, 0) is 20.2 Å². The topological polar surface area (TPSA) is 52.6 Å². The Hall–Kier alpha value is -0.0651. The van der Waals surface area contributed by atoms with Crippen molar-refractivity contribution in [1.82, 2.24) is 0 Å². The Morgan fingerprint density at radius 3 is 2.50 bits per heavy atom. The fraction of sp³-hybridized carbons (Fsp3) is 1.00. The van der Waals surface area contributed by atoms with Crippen LogP contribution in [0.15, 0.2) is 0 Å². The molecule has 1 rings (SSSR count). The molecule has 1 aliphatic rings. The van der Waals surface area contributed by atoms with Crippen molar-refractivity contribution in [2.45, 2.75) is 6.32 Å². The summed E-state index contributed by atoms with van der Waals surface area (Å²) in [5.41, 5.74) is 0. The summed E-state index contributed by atoms with van der Waals surface area (Å²) in [5, 5.41) is 0. The Morgan fingerprint density at radius 1 is 1.50 bits per heavy atom.